The summed E-state index contributed by atoms with van der Waals surface area (Å²) in [4.78, 5) is 2.74. The largest absolute Gasteiger partial charge is 0.385 e. The smallest absolute Gasteiger partial charge is 0.0727 e. The summed E-state index contributed by atoms with van der Waals surface area (Å²) in [5.74, 6) is 0. The Morgan fingerprint density at radius 3 is 2.63 bits per heavy atom. The molecule has 1 rings (SSSR count). The molecule has 1 aromatic heterocycles. The van der Waals surface area contributed by atoms with Crippen molar-refractivity contribution in [3.63, 3.8) is 0 Å². The first-order valence-electron chi connectivity index (χ1n) is 6.82. The van der Waals surface area contributed by atoms with Crippen LogP contribution in [-0.2, 0) is 22.6 Å². The van der Waals surface area contributed by atoms with E-state index >= 15 is 0 Å². The molecule has 0 aliphatic rings. The zero-order valence-corrected chi connectivity index (χ0v) is 13.7. The Morgan fingerprint density at radius 2 is 2.00 bits per heavy atom. The molecule has 0 aromatic carbocycles. The summed E-state index contributed by atoms with van der Waals surface area (Å²) >= 11 is 1.86. The molecule has 0 bridgehead atoms. The number of methoxy groups -OCH3 is 1. The van der Waals surface area contributed by atoms with Gasteiger partial charge >= 0.3 is 0 Å². The van der Waals surface area contributed by atoms with Crippen LogP contribution in [0, 0.1) is 6.92 Å². The van der Waals surface area contributed by atoms with Gasteiger partial charge in [-0.1, -0.05) is 0 Å². The van der Waals surface area contributed by atoms with E-state index in [4.69, 9.17) is 9.47 Å². The van der Waals surface area contributed by atoms with Crippen LogP contribution in [0.2, 0.25) is 0 Å². The topological polar surface area (TPSA) is 30.5 Å². The van der Waals surface area contributed by atoms with Gasteiger partial charge in [0.05, 0.1) is 6.61 Å². The van der Waals surface area contributed by atoms with Crippen LogP contribution < -0.4 is 5.32 Å². The number of nitrogens with one attached hydrogen (secondary N) is 1. The van der Waals surface area contributed by atoms with Gasteiger partial charge in [0.25, 0.3) is 0 Å². The highest BCUT2D eigenvalue weighted by Crippen LogP contribution is 2.22. The summed E-state index contributed by atoms with van der Waals surface area (Å²) in [5.41, 5.74) is 1.47. The molecule has 0 amide bonds. The molecule has 110 valence electrons. The number of thiophene rings is 1. The van der Waals surface area contributed by atoms with Crippen molar-refractivity contribution >= 4 is 11.3 Å². The van der Waals surface area contributed by atoms with Crippen LogP contribution in [0.1, 0.15) is 42.5 Å². The van der Waals surface area contributed by atoms with Crippen molar-refractivity contribution in [2.24, 2.45) is 0 Å². The minimum absolute atomic E-state index is 0.161. The molecule has 0 saturated carbocycles. The van der Waals surface area contributed by atoms with Crippen LogP contribution in [0.15, 0.2) is 6.07 Å². The Bertz CT molecular complexity index is 369. The van der Waals surface area contributed by atoms with Crippen LogP contribution in [0.4, 0.5) is 0 Å². The predicted molar refractivity (Wildman–Crippen MR) is 81.8 cm³/mol. The second-order valence-corrected chi connectivity index (χ2v) is 7.14. The molecule has 1 heterocycles. The van der Waals surface area contributed by atoms with Crippen molar-refractivity contribution < 1.29 is 9.47 Å². The molecule has 1 N–H and O–H groups in total. The van der Waals surface area contributed by atoms with E-state index < -0.39 is 0 Å². The van der Waals surface area contributed by atoms with Gasteiger partial charge in [-0.3, -0.25) is 0 Å². The Kier molecular flexibility index (Phi) is 7.00. The summed E-state index contributed by atoms with van der Waals surface area (Å²) in [6.45, 7) is 11.9. The highest BCUT2D eigenvalue weighted by Gasteiger charge is 2.11. The number of rotatable bonds is 8. The van der Waals surface area contributed by atoms with Crippen LogP contribution in [-0.4, -0.2) is 25.9 Å². The minimum atomic E-state index is 0.161. The molecule has 0 aliphatic heterocycles. The van der Waals surface area contributed by atoms with Crippen LogP contribution >= 0.6 is 11.3 Å². The minimum Gasteiger partial charge on any atom is -0.385 e. The van der Waals surface area contributed by atoms with Crippen molar-refractivity contribution in [1.82, 2.24) is 5.32 Å². The molecule has 4 heteroatoms. The summed E-state index contributed by atoms with van der Waals surface area (Å²) in [5, 5.41) is 3.52. The van der Waals surface area contributed by atoms with E-state index in [9.17, 15) is 0 Å². The van der Waals surface area contributed by atoms with Crippen molar-refractivity contribution in [3.05, 3.63) is 21.4 Å². The van der Waals surface area contributed by atoms with Gasteiger partial charge in [0.15, 0.2) is 0 Å². The normalized spacial score (nSPS) is 12.1. The standard InChI is InChI=1S/C15H27NO2S/c1-12-13(11-18-8-6-7-17-5)9-14(19-12)10-16-15(2,3)4/h9,16H,6-8,10-11H2,1-5H3. The van der Waals surface area contributed by atoms with Gasteiger partial charge in [-0.2, -0.15) is 0 Å². The van der Waals surface area contributed by atoms with E-state index in [1.807, 2.05) is 11.3 Å². The van der Waals surface area contributed by atoms with E-state index in [-0.39, 0.29) is 5.54 Å². The number of ether oxygens (including phenoxy) is 2. The van der Waals surface area contributed by atoms with Gasteiger partial charge < -0.3 is 14.8 Å². The first-order chi connectivity index (χ1) is 8.92. The number of hydrogen-bond acceptors (Lipinski definition) is 4. The lowest BCUT2D eigenvalue weighted by Crippen LogP contribution is -2.34. The van der Waals surface area contributed by atoms with Gasteiger partial charge in [0.1, 0.15) is 0 Å². The summed E-state index contributed by atoms with van der Waals surface area (Å²) in [7, 11) is 1.72. The lowest BCUT2D eigenvalue weighted by atomic mass is 10.1. The fraction of sp³-hybridized carbons (Fsp3) is 0.733. The lowest BCUT2D eigenvalue weighted by molar-refractivity contribution is 0.0928. The Labute approximate surface area is 121 Å². The molecule has 0 unspecified atom stereocenters. The van der Waals surface area contributed by atoms with Gasteiger partial charge in [0, 0.05) is 42.2 Å². The predicted octanol–water partition coefficient (Wildman–Crippen LogP) is 3.50. The summed E-state index contributed by atoms with van der Waals surface area (Å²) in [6, 6.07) is 2.26. The molecule has 0 atom stereocenters. The van der Waals surface area contributed by atoms with Gasteiger partial charge in [-0.25, -0.2) is 0 Å². The second-order valence-electron chi connectivity index (χ2n) is 5.80. The quantitative estimate of drug-likeness (QED) is 0.742. The molecule has 0 fully saturated rings. The van der Waals surface area contributed by atoms with Crippen molar-refractivity contribution in [1.29, 1.82) is 0 Å². The molecule has 0 spiro atoms. The third-order valence-electron chi connectivity index (χ3n) is 2.76. The molecule has 0 radical (unpaired) electrons. The number of hydrogen-bond donors (Lipinski definition) is 1. The molecule has 19 heavy (non-hydrogen) atoms. The van der Waals surface area contributed by atoms with E-state index in [0.717, 1.165) is 26.2 Å². The fourth-order valence-corrected chi connectivity index (χ4v) is 2.65. The monoisotopic (exact) mass is 285 g/mol. The summed E-state index contributed by atoms with van der Waals surface area (Å²) < 4.78 is 10.7. The maximum Gasteiger partial charge on any atom is 0.0727 e. The Hall–Kier alpha value is -0.420. The average Bonchev–Trinajstić information content (AvgIpc) is 2.67. The third kappa shape index (κ3) is 7.06. The molecule has 0 aliphatic carbocycles. The highest BCUT2D eigenvalue weighted by molar-refractivity contribution is 7.12. The van der Waals surface area contributed by atoms with Gasteiger partial charge in [0.2, 0.25) is 0 Å². The summed E-state index contributed by atoms with van der Waals surface area (Å²) in [6.07, 6.45) is 0.956. The molecule has 3 nitrogen and oxygen atoms in total. The van der Waals surface area contributed by atoms with Crippen molar-refractivity contribution in [2.75, 3.05) is 20.3 Å². The first kappa shape index (κ1) is 16.6. The molecular weight excluding hydrogens is 258 g/mol. The lowest BCUT2D eigenvalue weighted by Gasteiger charge is -2.19. The zero-order valence-electron chi connectivity index (χ0n) is 12.8. The van der Waals surface area contributed by atoms with Crippen molar-refractivity contribution in [2.45, 2.75) is 52.8 Å². The van der Waals surface area contributed by atoms with Crippen LogP contribution in [0.5, 0.6) is 0 Å². The highest BCUT2D eigenvalue weighted by atomic mass is 32.1. The van der Waals surface area contributed by atoms with Gasteiger partial charge in [-0.15, -0.1) is 11.3 Å². The fourth-order valence-electron chi connectivity index (χ4n) is 1.66. The van der Waals surface area contributed by atoms with Crippen LogP contribution in [0.25, 0.3) is 0 Å². The Balaban J connectivity index is 2.37. The second kappa shape index (κ2) is 8.00. The first-order valence-corrected chi connectivity index (χ1v) is 7.64. The third-order valence-corrected chi connectivity index (χ3v) is 3.85. The molecule has 0 saturated heterocycles. The van der Waals surface area contributed by atoms with E-state index in [0.29, 0.717) is 6.61 Å². The average molecular weight is 285 g/mol. The zero-order chi connectivity index (χ0) is 14.3. The SMILES string of the molecule is COCCCOCc1cc(CNC(C)(C)C)sc1C. The van der Waals surface area contributed by atoms with E-state index in [1.165, 1.54) is 15.3 Å². The number of aryl methyl sites for hydroxylation is 1. The maximum absolute atomic E-state index is 5.67. The van der Waals surface area contributed by atoms with E-state index in [2.05, 4.69) is 39.1 Å². The van der Waals surface area contributed by atoms with Crippen molar-refractivity contribution in [3.8, 4) is 0 Å². The molecule has 1 aromatic rings. The van der Waals surface area contributed by atoms with Gasteiger partial charge in [-0.05, 0) is 45.7 Å². The molecular formula is C15H27NO2S. The Morgan fingerprint density at radius 1 is 1.26 bits per heavy atom. The maximum atomic E-state index is 5.67. The van der Waals surface area contributed by atoms with E-state index in [1.54, 1.807) is 7.11 Å². The van der Waals surface area contributed by atoms with Crippen LogP contribution in [0.3, 0.4) is 0 Å².